The van der Waals surface area contributed by atoms with Crippen molar-refractivity contribution in [1.29, 1.82) is 0 Å². The summed E-state index contributed by atoms with van der Waals surface area (Å²) in [5, 5.41) is 5.03. The quantitative estimate of drug-likeness (QED) is 0.689. The van der Waals surface area contributed by atoms with Gasteiger partial charge in [0.1, 0.15) is 12.4 Å². The van der Waals surface area contributed by atoms with Crippen molar-refractivity contribution in [3.05, 3.63) is 44.6 Å². The van der Waals surface area contributed by atoms with E-state index in [4.69, 9.17) is 27.9 Å². The Morgan fingerprint density at radius 2 is 2.15 bits per heavy atom. The van der Waals surface area contributed by atoms with Crippen LogP contribution in [-0.4, -0.2) is 9.78 Å². The van der Waals surface area contributed by atoms with Crippen LogP contribution < -0.4 is 4.74 Å². The monoisotopic (exact) mass is 376 g/mol. The highest BCUT2D eigenvalue weighted by molar-refractivity contribution is 9.10. The number of hydrogen-bond acceptors (Lipinski definition) is 2. The highest BCUT2D eigenvalue weighted by Crippen LogP contribution is 2.28. The van der Waals surface area contributed by atoms with E-state index in [1.165, 1.54) is 0 Å². The Balaban J connectivity index is 2.17. The topological polar surface area (TPSA) is 27.1 Å². The van der Waals surface area contributed by atoms with Gasteiger partial charge in [-0.15, -0.1) is 11.6 Å². The van der Waals surface area contributed by atoms with Crippen LogP contribution in [-0.2, 0) is 19.0 Å². The van der Waals surface area contributed by atoms with E-state index in [9.17, 15) is 0 Å². The van der Waals surface area contributed by atoms with Crippen molar-refractivity contribution >= 4 is 39.1 Å². The molecule has 0 aliphatic rings. The number of halogens is 3. The zero-order chi connectivity index (χ0) is 14.7. The summed E-state index contributed by atoms with van der Waals surface area (Å²) < 4.78 is 8.56. The van der Waals surface area contributed by atoms with Gasteiger partial charge in [-0.05, 0) is 47.5 Å². The van der Waals surface area contributed by atoms with Gasteiger partial charge in [-0.1, -0.05) is 17.7 Å². The third-order valence-electron chi connectivity index (χ3n) is 2.97. The van der Waals surface area contributed by atoms with Gasteiger partial charge in [0.2, 0.25) is 0 Å². The maximum Gasteiger partial charge on any atom is 0.134 e. The molecule has 0 bridgehead atoms. The molecule has 1 aromatic carbocycles. The van der Waals surface area contributed by atoms with Crippen LogP contribution in [0.2, 0.25) is 5.02 Å². The van der Waals surface area contributed by atoms with Gasteiger partial charge in [0.15, 0.2) is 0 Å². The molecule has 0 unspecified atom stereocenters. The molecule has 0 fully saturated rings. The first-order chi connectivity index (χ1) is 9.56. The van der Waals surface area contributed by atoms with E-state index in [-0.39, 0.29) is 0 Å². The summed E-state index contributed by atoms with van der Waals surface area (Å²) >= 11 is 15.5. The maximum absolute atomic E-state index is 6.25. The van der Waals surface area contributed by atoms with Gasteiger partial charge < -0.3 is 4.74 Å². The number of hydrogen-bond donors (Lipinski definition) is 0. The second-order valence-corrected chi connectivity index (χ2v) is 5.85. The number of aryl methyl sites for hydroxylation is 2. The van der Waals surface area contributed by atoms with Crippen molar-refractivity contribution < 1.29 is 4.74 Å². The predicted octanol–water partition coefficient (Wildman–Crippen LogP) is 4.95. The minimum atomic E-state index is 0.381. The lowest BCUT2D eigenvalue weighted by atomic mass is 10.2. The van der Waals surface area contributed by atoms with E-state index >= 15 is 0 Å². The average molecular weight is 378 g/mol. The Hall–Kier alpha value is -0.710. The fourth-order valence-electron chi connectivity index (χ4n) is 1.90. The molecule has 1 aromatic heterocycles. The van der Waals surface area contributed by atoms with Crippen molar-refractivity contribution in [2.75, 3.05) is 0 Å². The molecule has 0 radical (unpaired) electrons. The summed E-state index contributed by atoms with van der Waals surface area (Å²) in [6.07, 6.45) is 0. The standard InChI is InChI=1S/C14H15BrCl2N2O/c1-3-19-12(14(17)9(2)18-19)8-20-13-5-4-10(7-16)6-11(13)15/h4-6H,3,7-8H2,1-2H3. The average Bonchev–Trinajstić information content (AvgIpc) is 2.73. The molecule has 108 valence electrons. The number of nitrogens with zero attached hydrogens (tertiary/aromatic N) is 2. The second-order valence-electron chi connectivity index (χ2n) is 4.35. The molecule has 0 aliphatic heterocycles. The minimum absolute atomic E-state index is 0.381. The van der Waals surface area contributed by atoms with Crippen LogP contribution >= 0.6 is 39.1 Å². The lowest BCUT2D eigenvalue weighted by Gasteiger charge is -2.10. The molecule has 0 aliphatic carbocycles. The van der Waals surface area contributed by atoms with Crippen LogP contribution in [0.15, 0.2) is 22.7 Å². The van der Waals surface area contributed by atoms with Crippen LogP contribution in [0.5, 0.6) is 5.75 Å². The number of rotatable bonds is 5. The SMILES string of the molecule is CCn1nc(C)c(Cl)c1COc1ccc(CCl)cc1Br. The van der Waals surface area contributed by atoms with Crippen molar-refractivity contribution in [3.8, 4) is 5.75 Å². The van der Waals surface area contributed by atoms with Crippen LogP contribution in [0.25, 0.3) is 0 Å². The number of ether oxygens (including phenoxy) is 1. The predicted molar refractivity (Wildman–Crippen MR) is 85.7 cm³/mol. The fourth-order valence-corrected chi connectivity index (χ4v) is 2.79. The van der Waals surface area contributed by atoms with Gasteiger partial charge in [0.25, 0.3) is 0 Å². The molecule has 20 heavy (non-hydrogen) atoms. The third-order valence-corrected chi connectivity index (χ3v) is 4.39. The molecule has 0 saturated carbocycles. The molecule has 0 atom stereocenters. The summed E-state index contributed by atoms with van der Waals surface area (Å²) in [7, 11) is 0. The van der Waals surface area contributed by atoms with Crippen molar-refractivity contribution in [1.82, 2.24) is 9.78 Å². The highest BCUT2D eigenvalue weighted by Gasteiger charge is 2.13. The van der Waals surface area contributed by atoms with E-state index in [0.29, 0.717) is 17.5 Å². The number of benzene rings is 1. The van der Waals surface area contributed by atoms with Gasteiger partial charge in [-0.2, -0.15) is 5.10 Å². The minimum Gasteiger partial charge on any atom is -0.486 e. The zero-order valence-corrected chi connectivity index (χ0v) is 14.4. The van der Waals surface area contributed by atoms with E-state index in [1.807, 2.05) is 36.7 Å². The first-order valence-electron chi connectivity index (χ1n) is 6.25. The summed E-state index contributed by atoms with van der Waals surface area (Å²) in [4.78, 5) is 0. The van der Waals surface area contributed by atoms with Crippen molar-refractivity contribution in [2.24, 2.45) is 0 Å². The summed E-state index contributed by atoms with van der Waals surface area (Å²) in [6.45, 7) is 5.06. The maximum atomic E-state index is 6.25. The molecule has 0 saturated heterocycles. The Morgan fingerprint density at radius 1 is 1.40 bits per heavy atom. The molecule has 0 amide bonds. The van der Waals surface area contributed by atoms with Gasteiger partial charge in [0.05, 0.1) is 20.9 Å². The first-order valence-corrected chi connectivity index (χ1v) is 7.96. The summed E-state index contributed by atoms with van der Waals surface area (Å²) in [5.41, 5.74) is 2.75. The lowest BCUT2D eigenvalue weighted by molar-refractivity contribution is 0.290. The van der Waals surface area contributed by atoms with Gasteiger partial charge in [-0.3, -0.25) is 4.68 Å². The Morgan fingerprint density at radius 3 is 2.75 bits per heavy atom. The molecule has 6 heteroatoms. The second kappa shape index (κ2) is 6.83. The highest BCUT2D eigenvalue weighted by atomic mass is 79.9. The van der Waals surface area contributed by atoms with Crippen LogP contribution in [0.3, 0.4) is 0 Å². The third kappa shape index (κ3) is 3.30. The Kier molecular flexibility index (Phi) is 5.35. The van der Waals surface area contributed by atoms with Gasteiger partial charge >= 0.3 is 0 Å². The van der Waals surface area contributed by atoms with Gasteiger partial charge in [0, 0.05) is 12.4 Å². The van der Waals surface area contributed by atoms with Crippen LogP contribution in [0.1, 0.15) is 23.9 Å². The lowest BCUT2D eigenvalue weighted by Crippen LogP contribution is -2.06. The molecular formula is C14H15BrCl2N2O. The normalized spacial score (nSPS) is 10.8. The molecule has 1 heterocycles. The first kappa shape index (κ1) is 15.7. The molecule has 3 nitrogen and oxygen atoms in total. The van der Waals surface area contributed by atoms with E-state index in [1.54, 1.807) is 0 Å². The molecule has 0 spiro atoms. The zero-order valence-electron chi connectivity index (χ0n) is 11.3. The van der Waals surface area contributed by atoms with Gasteiger partial charge in [-0.25, -0.2) is 0 Å². The molecule has 2 aromatic rings. The fraction of sp³-hybridized carbons (Fsp3) is 0.357. The van der Waals surface area contributed by atoms with Crippen molar-refractivity contribution in [2.45, 2.75) is 32.9 Å². The molecule has 0 N–H and O–H groups in total. The Bertz CT molecular complexity index is 613. The molecular weight excluding hydrogens is 363 g/mol. The molecule has 2 rings (SSSR count). The van der Waals surface area contributed by atoms with Crippen LogP contribution in [0.4, 0.5) is 0 Å². The van der Waals surface area contributed by atoms with Crippen molar-refractivity contribution in [3.63, 3.8) is 0 Å². The summed E-state index contributed by atoms with van der Waals surface area (Å²) in [5.74, 6) is 1.24. The largest absolute Gasteiger partial charge is 0.486 e. The smallest absolute Gasteiger partial charge is 0.134 e. The number of aromatic nitrogens is 2. The van der Waals surface area contributed by atoms with E-state index < -0.39 is 0 Å². The van der Waals surface area contributed by atoms with Crippen LogP contribution in [0, 0.1) is 6.92 Å². The van der Waals surface area contributed by atoms with E-state index in [0.717, 1.165) is 33.7 Å². The number of alkyl halides is 1. The Labute approximate surface area is 137 Å². The summed E-state index contributed by atoms with van der Waals surface area (Å²) in [6, 6.07) is 5.79. The van der Waals surface area contributed by atoms with E-state index in [2.05, 4.69) is 21.0 Å².